The molecule has 2 atom stereocenters. The highest BCUT2D eigenvalue weighted by atomic mass is 16.3. The number of aryl methyl sites for hydroxylation is 1. The molecule has 0 radical (unpaired) electrons. The van der Waals surface area contributed by atoms with E-state index in [1.165, 1.54) is 5.56 Å². The van der Waals surface area contributed by atoms with Gasteiger partial charge in [0, 0.05) is 24.7 Å². The number of nitrogens with one attached hydrogen (secondary N) is 2. The van der Waals surface area contributed by atoms with Gasteiger partial charge in [-0.2, -0.15) is 0 Å². The molecular formula is C19H27N3O2. The van der Waals surface area contributed by atoms with Crippen molar-refractivity contribution in [1.29, 1.82) is 0 Å². The third kappa shape index (κ3) is 5.51. The number of amides is 1. The smallest absolute Gasteiger partial charge is 0.225 e. The minimum Gasteiger partial charge on any atom is -0.468 e. The number of rotatable bonds is 8. The normalized spacial score (nSPS) is 13.7. The summed E-state index contributed by atoms with van der Waals surface area (Å²) in [4.78, 5) is 14.2. The van der Waals surface area contributed by atoms with Crippen molar-refractivity contribution < 1.29 is 9.21 Å². The van der Waals surface area contributed by atoms with Crippen molar-refractivity contribution in [3.05, 3.63) is 54.0 Å². The molecule has 0 aliphatic rings. The van der Waals surface area contributed by atoms with Gasteiger partial charge < -0.3 is 15.1 Å². The molecule has 0 aliphatic carbocycles. The standard InChI is InChI=1S/C19H27N3O2/c1-14-7-9-16(10-8-14)21-19(23)12-15(2)20-13-17(22(3)4)18-6-5-11-24-18/h5-11,15,17,20H,12-13H2,1-4H3,(H,21,23)/t15-,17-/m1/s1. The van der Waals surface area contributed by atoms with Crippen LogP contribution in [0.15, 0.2) is 47.1 Å². The highest BCUT2D eigenvalue weighted by Gasteiger charge is 2.18. The lowest BCUT2D eigenvalue weighted by molar-refractivity contribution is -0.116. The Morgan fingerprint density at radius 3 is 2.50 bits per heavy atom. The van der Waals surface area contributed by atoms with Gasteiger partial charge in [0.25, 0.3) is 0 Å². The lowest BCUT2D eigenvalue weighted by Crippen LogP contribution is -2.37. The van der Waals surface area contributed by atoms with Crippen LogP contribution >= 0.6 is 0 Å². The van der Waals surface area contributed by atoms with Crippen LogP contribution in [-0.4, -0.2) is 37.5 Å². The molecule has 0 fully saturated rings. The van der Waals surface area contributed by atoms with Gasteiger partial charge in [-0.05, 0) is 52.2 Å². The molecule has 0 unspecified atom stereocenters. The molecule has 1 aromatic carbocycles. The Balaban J connectivity index is 1.80. The Bertz CT molecular complexity index is 621. The topological polar surface area (TPSA) is 57.5 Å². The number of carbonyl (C=O) groups is 1. The fraction of sp³-hybridized carbons (Fsp3) is 0.421. The van der Waals surface area contributed by atoms with Crippen molar-refractivity contribution in [2.45, 2.75) is 32.4 Å². The largest absolute Gasteiger partial charge is 0.468 e. The first kappa shape index (κ1) is 18.2. The fourth-order valence-corrected chi connectivity index (χ4v) is 2.53. The SMILES string of the molecule is Cc1ccc(NC(=O)C[C@@H](C)NC[C@H](c2ccco2)N(C)C)cc1. The maximum atomic E-state index is 12.1. The van der Waals surface area contributed by atoms with Crippen LogP contribution in [0.1, 0.15) is 30.7 Å². The van der Waals surface area contributed by atoms with Crippen LogP contribution in [0, 0.1) is 6.92 Å². The molecule has 0 spiro atoms. The van der Waals surface area contributed by atoms with Crippen molar-refractivity contribution in [3.8, 4) is 0 Å². The third-order valence-electron chi connectivity index (χ3n) is 3.98. The van der Waals surface area contributed by atoms with Gasteiger partial charge in [-0.1, -0.05) is 17.7 Å². The first-order chi connectivity index (χ1) is 11.5. The molecule has 2 rings (SSSR count). The second-order valence-corrected chi connectivity index (χ2v) is 6.42. The molecule has 0 saturated heterocycles. The molecule has 130 valence electrons. The van der Waals surface area contributed by atoms with Gasteiger partial charge in [0.05, 0.1) is 12.3 Å². The second kappa shape index (κ2) is 8.66. The molecule has 5 heteroatoms. The van der Waals surface area contributed by atoms with Gasteiger partial charge in [0.15, 0.2) is 0 Å². The van der Waals surface area contributed by atoms with E-state index >= 15 is 0 Å². The van der Waals surface area contributed by atoms with Crippen LogP contribution < -0.4 is 10.6 Å². The quantitative estimate of drug-likeness (QED) is 0.781. The Kier molecular flexibility index (Phi) is 6.58. The van der Waals surface area contributed by atoms with E-state index in [9.17, 15) is 4.79 Å². The first-order valence-electron chi connectivity index (χ1n) is 8.25. The average Bonchev–Trinajstić information content (AvgIpc) is 3.03. The van der Waals surface area contributed by atoms with Crippen LogP contribution in [0.3, 0.4) is 0 Å². The summed E-state index contributed by atoms with van der Waals surface area (Å²) in [7, 11) is 4.03. The van der Waals surface area contributed by atoms with Crippen LogP contribution in [-0.2, 0) is 4.79 Å². The van der Waals surface area contributed by atoms with E-state index in [0.717, 1.165) is 18.0 Å². The number of benzene rings is 1. The number of carbonyl (C=O) groups excluding carboxylic acids is 1. The predicted molar refractivity (Wildman–Crippen MR) is 97.0 cm³/mol. The van der Waals surface area contributed by atoms with Crippen LogP contribution in [0.25, 0.3) is 0 Å². The number of furan rings is 1. The summed E-state index contributed by atoms with van der Waals surface area (Å²) in [6.07, 6.45) is 2.11. The highest BCUT2D eigenvalue weighted by Crippen LogP contribution is 2.18. The Hall–Kier alpha value is -2.11. The van der Waals surface area contributed by atoms with Crippen LogP contribution in [0.2, 0.25) is 0 Å². The van der Waals surface area contributed by atoms with Crippen molar-refractivity contribution in [3.63, 3.8) is 0 Å². The number of likely N-dealkylation sites (N-methyl/N-ethyl adjacent to an activating group) is 1. The summed E-state index contributed by atoms with van der Waals surface area (Å²) in [6, 6.07) is 11.9. The summed E-state index contributed by atoms with van der Waals surface area (Å²) in [5.74, 6) is 0.932. The third-order valence-corrected chi connectivity index (χ3v) is 3.98. The maximum Gasteiger partial charge on any atom is 0.225 e. The van der Waals surface area contributed by atoms with Gasteiger partial charge in [-0.3, -0.25) is 9.69 Å². The van der Waals surface area contributed by atoms with E-state index in [-0.39, 0.29) is 18.0 Å². The van der Waals surface area contributed by atoms with Crippen molar-refractivity contribution in [1.82, 2.24) is 10.2 Å². The monoisotopic (exact) mass is 329 g/mol. The predicted octanol–water partition coefficient (Wildman–Crippen LogP) is 3.20. The minimum absolute atomic E-state index is 0.0123. The Morgan fingerprint density at radius 2 is 1.92 bits per heavy atom. The van der Waals surface area contributed by atoms with E-state index < -0.39 is 0 Å². The summed E-state index contributed by atoms with van der Waals surface area (Å²) >= 11 is 0. The maximum absolute atomic E-state index is 12.1. The second-order valence-electron chi connectivity index (χ2n) is 6.42. The Labute approximate surface area is 144 Å². The number of hydrogen-bond acceptors (Lipinski definition) is 4. The lowest BCUT2D eigenvalue weighted by Gasteiger charge is -2.24. The van der Waals surface area contributed by atoms with Gasteiger partial charge >= 0.3 is 0 Å². The molecule has 0 aliphatic heterocycles. The van der Waals surface area contributed by atoms with Gasteiger partial charge in [0.1, 0.15) is 5.76 Å². The fourth-order valence-electron chi connectivity index (χ4n) is 2.53. The molecule has 0 bridgehead atoms. The van der Waals surface area contributed by atoms with E-state index in [0.29, 0.717) is 6.42 Å². The molecular weight excluding hydrogens is 302 g/mol. The summed E-state index contributed by atoms with van der Waals surface area (Å²) in [6.45, 7) is 4.76. The number of nitrogens with zero attached hydrogens (tertiary/aromatic N) is 1. The van der Waals surface area contributed by atoms with Crippen molar-refractivity contribution in [2.24, 2.45) is 0 Å². The number of hydrogen-bond donors (Lipinski definition) is 2. The zero-order chi connectivity index (χ0) is 17.5. The van der Waals surface area contributed by atoms with E-state index in [2.05, 4.69) is 15.5 Å². The highest BCUT2D eigenvalue weighted by molar-refractivity contribution is 5.91. The summed E-state index contributed by atoms with van der Waals surface area (Å²) in [5.41, 5.74) is 2.01. The molecule has 24 heavy (non-hydrogen) atoms. The molecule has 1 amide bonds. The lowest BCUT2D eigenvalue weighted by atomic mass is 10.1. The summed E-state index contributed by atoms with van der Waals surface area (Å²) < 4.78 is 5.50. The summed E-state index contributed by atoms with van der Waals surface area (Å²) in [5, 5.41) is 6.35. The van der Waals surface area contributed by atoms with Crippen LogP contribution in [0.5, 0.6) is 0 Å². The van der Waals surface area contributed by atoms with E-state index in [1.807, 2.05) is 64.3 Å². The molecule has 0 saturated carbocycles. The van der Waals surface area contributed by atoms with Crippen LogP contribution in [0.4, 0.5) is 5.69 Å². The minimum atomic E-state index is 0.0123. The zero-order valence-corrected chi connectivity index (χ0v) is 14.9. The molecule has 1 aromatic heterocycles. The van der Waals surface area contributed by atoms with Crippen molar-refractivity contribution in [2.75, 3.05) is 26.0 Å². The van der Waals surface area contributed by atoms with E-state index in [4.69, 9.17) is 4.42 Å². The molecule has 5 nitrogen and oxygen atoms in total. The molecule has 1 heterocycles. The first-order valence-corrected chi connectivity index (χ1v) is 8.25. The molecule has 2 N–H and O–H groups in total. The Morgan fingerprint density at radius 1 is 1.21 bits per heavy atom. The molecule has 2 aromatic rings. The van der Waals surface area contributed by atoms with Gasteiger partial charge in [-0.15, -0.1) is 0 Å². The van der Waals surface area contributed by atoms with Crippen molar-refractivity contribution >= 4 is 11.6 Å². The average molecular weight is 329 g/mol. The van der Waals surface area contributed by atoms with Gasteiger partial charge in [-0.25, -0.2) is 0 Å². The van der Waals surface area contributed by atoms with E-state index in [1.54, 1.807) is 6.26 Å². The van der Waals surface area contributed by atoms with Gasteiger partial charge in [0.2, 0.25) is 5.91 Å². The number of anilines is 1. The zero-order valence-electron chi connectivity index (χ0n) is 14.9.